The van der Waals surface area contributed by atoms with E-state index < -0.39 is 5.91 Å². The van der Waals surface area contributed by atoms with Crippen LogP contribution >= 0.6 is 11.3 Å². The van der Waals surface area contributed by atoms with Crippen LogP contribution in [0.15, 0.2) is 23.2 Å². The number of aryl methyl sites for hydroxylation is 1. The Bertz CT molecular complexity index is 822. The van der Waals surface area contributed by atoms with E-state index in [-0.39, 0.29) is 5.75 Å². The maximum Gasteiger partial charge on any atom is 0.252 e. The van der Waals surface area contributed by atoms with Gasteiger partial charge < -0.3 is 15.7 Å². The molecule has 2 aromatic rings. The summed E-state index contributed by atoms with van der Waals surface area (Å²) in [5.41, 5.74) is 8.77. The number of thiophene rings is 1. The summed E-state index contributed by atoms with van der Waals surface area (Å²) in [5.74, 6) is -0.245. The number of carbonyl (C=O) groups is 1. The maximum atomic E-state index is 11.8. The lowest BCUT2D eigenvalue weighted by Crippen LogP contribution is -2.21. The number of nitrogens with two attached hydrogens (primary N) is 1. The number of nitrogens with zero attached hydrogens (tertiary/aromatic N) is 2. The van der Waals surface area contributed by atoms with Crippen molar-refractivity contribution in [3.63, 3.8) is 0 Å². The lowest BCUT2D eigenvalue weighted by molar-refractivity contribution is 0.100. The molecule has 1 aliphatic carbocycles. The number of carbonyl (C=O) groups excluding carboxylic acids is 1. The molecule has 25 heavy (non-hydrogen) atoms. The Morgan fingerprint density at radius 1 is 1.36 bits per heavy atom. The van der Waals surface area contributed by atoms with Crippen molar-refractivity contribution >= 4 is 34.1 Å². The van der Waals surface area contributed by atoms with E-state index in [1.807, 2.05) is 12.1 Å². The number of aliphatic imine (C=N–C) groups is 1. The summed E-state index contributed by atoms with van der Waals surface area (Å²) in [6.45, 7) is 5.92. The summed E-state index contributed by atoms with van der Waals surface area (Å²) >= 11 is 1.53. The van der Waals surface area contributed by atoms with Crippen molar-refractivity contribution in [3.05, 3.63) is 39.8 Å². The minimum atomic E-state index is -0.423. The second kappa shape index (κ2) is 7.27. The molecule has 0 bridgehead atoms. The number of rotatable bonds is 6. The highest BCUT2D eigenvalue weighted by Gasteiger charge is 2.24. The summed E-state index contributed by atoms with van der Waals surface area (Å²) in [6.07, 6.45) is 4.55. The van der Waals surface area contributed by atoms with Gasteiger partial charge in [0, 0.05) is 41.5 Å². The Labute approximate surface area is 151 Å². The molecular weight excluding hydrogens is 334 g/mol. The van der Waals surface area contributed by atoms with Gasteiger partial charge in [-0.2, -0.15) is 0 Å². The molecule has 0 atom stereocenters. The van der Waals surface area contributed by atoms with Crippen molar-refractivity contribution in [1.29, 1.82) is 0 Å². The van der Waals surface area contributed by atoms with Crippen LogP contribution in [0.1, 0.15) is 46.6 Å². The van der Waals surface area contributed by atoms with E-state index in [0.717, 1.165) is 43.6 Å². The smallest absolute Gasteiger partial charge is 0.252 e. The second-order valence-electron chi connectivity index (χ2n) is 6.08. The van der Waals surface area contributed by atoms with Crippen molar-refractivity contribution in [3.8, 4) is 5.75 Å². The number of phenols is 1. The Kier molecular flexibility index (Phi) is 5.08. The van der Waals surface area contributed by atoms with Crippen LogP contribution in [0.2, 0.25) is 0 Å². The van der Waals surface area contributed by atoms with Gasteiger partial charge in [-0.3, -0.25) is 4.79 Å². The third-order valence-corrected chi connectivity index (χ3v) is 5.81. The zero-order chi connectivity index (χ0) is 18.0. The lowest BCUT2D eigenvalue weighted by atomic mass is 10.1. The van der Waals surface area contributed by atoms with E-state index in [0.29, 0.717) is 16.1 Å². The number of hydrogen-bond acceptors (Lipinski definition) is 5. The van der Waals surface area contributed by atoms with E-state index in [2.05, 4.69) is 23.7 Å². The molecule has 1 heterocycles. The number of aromatic hydroxyl groups is 1. The van der Waals surface area contributed by atoms with Crippen LogP contribution in [-0.4, -0.2) is 30.3 Å². The van der Waals surface area contributed by atoms with Gasteiger partial charge in [0.15, 0.2) is 0 Å². The molecule has 1 aliphatic rings. The van der Waals surface area contributed by atoms with Crippen LogP contribution in [0, 0.1) is 0 Å². The van der Waals surface area contributed by atoms with Gasteiger partial charge in [0.2, 0.25) is 0 Å². The predicted octanol–water partition coefficient (Wildman–Crippen LogP) is 3.64. The second-order valence-corrected chi connectivity index (χ2v) is 7.16. The first-order chi connectivity index (χ1) is 12.0. The molecule has 0 spiro atoms. The highest BCUT2D eigenvalue weighted by atomic mass is 32.1. The van der Waals surface area contributed by atoms with Crippen molar-refractivity contribution in [2.45, 2.75) is 33.1 Å². The molecule has 6 heteroatoms. The number of anilines is 1. The van der Waals surface area contributed by atoms with Gasteiger partial charge in [-0.25, -0.2) is 4.99 Å². The number of hydrogen-bond donors (Lipinski definition) is 2. The fraction of sp³-hybridized carbons (Fsp3) is 0.368. The summed E-state index contributed by atoms with van der Waals surface area (Å²) in [6, 6.07) is 5.56. The minimum Gasteiger partial charge on any atom is -0.507 e. The Hall–Kier alpha value is -2.34. The van der Waals surface area contributed by atoms with Gasteiger partial charge in [-0.05, 0) is 50.8 Å². The molecule has 0 radical (unpaired) electrons. The van der Waals surface area contributed by atoms with Gasteiger partial charge >= 0.3 is 0 Å². The fourth-order valence-electron chi connectivity index (χ4n) is 3.29. The Balaban J connectivity index is 1.89. The molecule has 5 nitrogen and oxygen atoms in total. The molecule has 1 amide bonds. The molecule has 0 saturated heterocycles. The van der Waals surface area contributed by atoms with Gasteiger partial charge in [0.1, 0.15) is 10.8 Å². The molecule has 0 fully saturated rings. The van der Waals surface area contributed by atoms with Crippen molar-refractivity contribution in [2.24, 2.45) is 10.7 Å². The van der Waals surface area contributed by atoms with Crippen LogP contribution in [0.4, 0.5) is 10.7 Å². The molecular formula is C19H23N3O2S. The SMILES string of the molecule is CCN(CC)c1ccc(C=Nc2sc3c(c2C(N)=O)CCC3)c(O)c1. The van der Waals surface area contributed by atoms with Gasteiger partial charge in [0.25, 0.3) is 5.91 Å². The van der Waals surface area contributed by atoms with E-state index in [1.165, 1.54) is 16.2 Å². The van der Waals surface area contributed by atoms with Crippen LogP contribution in [0.25, 0.3) is 0 Å². The van der Waals surface area contributed by atoms with Crippen LogP contribution in [0.5, 0.6) is 5.75 Å². The third kappa shape index (κ3) is 3.39. The van der Waals surface area contributed by atoms with Crippen molar-refractivity contribution < 1.29 is 9.90 Å². The molecule has 132 valence electrons. The van der Waals surface area contributed by atoms with E-state index in [9.17, 15) is 9.90 Å². The minimum absolute atomic E-state index is 0.179. The van der Waals surface area contributed by atoms with Gasteiger partial charge in [-0.15, -0.1) is 11.3 Å². The number of primary amides is 1. The summed E-state index contributed by atoms with van der Waals surface area (Å²) < 4.78 is 0. The Morgan fingerprint density at radius 3 is 2.76 bits per heavy atom. The molecule has 0 unspecified atom stereocenters. The van der Waals surface area contributed by atoms with E-state index in [1.54, 1.807) is 12.3 Å². The molecule has 0 aliphatic heterocycles. The molecule has 0 saturated carbocycles. The van der Waals surface area contributed by atoms with E-state index in [4.69, 9.17) is 5.73 Å². The van der Waals surface area contributed by atoms with Crippen LogP contribution in [0.3, 0.4) is 0 Å². The number of fused-ring (bicyclic) bond motifs is 1. The first kappa shape index (κ1) is 17.5. The third-order valence-electron chi connectivity index (χ3n) is 4.61. The van der Waals surface area contributed by atoms with E-state index >= 15 is 0 Å². The number of phenolic OH excluding ortho intramolecular Hbond substituents is 1. The first-order valence-electron chi connectivity index (χ1n) is 8.61. The average Bonchev–Trinajstić information content (AvgIpc) is 3.15. The van der Waals surface area contributed by atoms with Gasteiger partial charge in [-0.1, -0.05) is 0 Å². The van der Waals surface area contributed by atoms with Crippen molar-refractivity contribution in [2.75, 3.05) is 18.0 Å². The highest BCUT2D eigenvalue weighted by molar-refractivity contribution is 7.16. The summed E-state index contributed by atoms with van der Waals surface area (Å²) in [4.78, 5) is 19.6. The quantitative estimate of drug-likeness (QED) is 0.775. The zero-order valence-corrected chi connectivity index (χ0v) is 15.4. The predicted molar refractivity (Wildman–Crippen MR) is 104 cm³/mol. The maximum absolute atomic E-state index is 11.8. The highest BCUT2D eigenvalue weighted by Crippen LogP contribution is 2.40. The topological polar surface area (TPSA) is 78.9 Å². The lowest BCUT2D eigenvalue weighted by Gasteiger charge is -2.21. The molecule has 1 aromatic carbocycles. The molecule has 3 N–H and O–H groups in total. The standard InChI is InChI=1S/C19H23N3O2S/c1-3-22(4-2)13-9-8-12(15(23)10-13)11-21-19-17(18(20)24)14-6-5-7-16(14)25-19/h8-11,23H,3-7H2,1-2H3,(H2,20,24). The largest absolute Gasteiger partial charge is 0.507 e. The van der Waals surface area contributed by atoms with Gasteiger partial charge in [0.05, 0.1) is 5.56 Å². The van der Waals surface area contributed by atoms with Crippen LogP contribution < -0.4 is 10.6 Å². The number of benzene rings is 1. The molecule has 3 rings (SSSR count). The normalized spacial score (nSPS) is 13.4. The average molecular weight is 357 g/mol. The van der Waals surface area contributed by atoms with Crippen molar-refractivity contribution in [1.82, 2.24) is 0 Å². The summed E-state index contributed by atoms with van der Waals surface area (Å²) in [5, 5.41) is 10.9. The number of amides is 1. The monoisotopic (exact) mass is 357 g/mol. The fourth-order valence-corrected chi connectivity index (χ4v) is 4.53. The zero-order valence-electron chi connectivity index (χ0n) is 14.6. The van der Waals surface area contributed by atoms with Crippen LogP contribution in [-0.2, 0) is 12.8 Å². The summed E-state index contributed by atoms with van der Waals surface area (Å²) in [7, 11) is 0. The Morgan fingerprint density at radius 2 is 2.12 bits per heavy atom. The molecule has 1 aromatic heterocycles. The first-order valence-corrected chi connectivity index (χ1v) is 9.43.